The SMILES string of the molecule is O=C(C=Cc1ccccc1)CC1(O)C(=O)N(CCc2ccccc2)c2ccccc21. The molecule has 0 saturated carbocycles. The number of ketones is 1. The molecule has 30 heavy (non-hydrogen) atoms. The molecule has 1 heterocycles. The summed E-state index contributed by atoms with van der Waals surface area (Å²) in [6, 6.07) is 26.5. The highest BCUT2D eigenvalue weighted by Gasteiger charge is 2.50. The van der Waals surface area contributed by atoms with Gasteiger partial charge in [0.15, 0.2) is 11.4 Å². The second kappa shape index (κ2) is 8.47. The van der Waals surface area contributed by atoms with Gasteiger partial charge in [0.1, 0.15) is 0 Å². The number of anilines is 1. The van der Waals surface area contributed by atoms with Gasteiger partial charge in [-0.05, 0) is 29.7 Å². The van der Waals surface area contributed by atoms with E-state index in [0.29, 0.717) is 24.2 Å². The Hall–Kier alpha value is -3.50. The lowest BCUT2D eigenvalue weighted by atomic mass is 9.89. The Morgan fingerprint density at radius 1 is 0.900 bits per heavy atom. The second-order valence-electron chi connectivity index (χ2n) is 7.46. The van der Waals surface area contributed by atoms with Gasteiger partial charge in [0.25, 0.3) is 5.91 Å². The normalized spacial score (nSPS) is 18.0. The number of hydrogen-bond acceptors (Lipinski definition) is 3. The van der Waals surface area contributed by atoms with Crippen molar-refractivity contribution in [1.82, 2.24) is 0 Å². The molecular weight excluding hydrogens is 374 g/mol. The predicted molar refractivity (Wildman–Crippen MR) is 118 cm³/mol. The molecule has 1 aliphatic heterocycles. The van der Waals surface area contributed by atoms with E-state index in [4.69, 9.17) is 0 Å². The van der Waals surface area contributed by atoms with Crippen molar-refractivity contribution >= 4 is 23.5 Å². The van der Waals surface area contributed by atoms with E-state index < -0.39 is 11.5 Å². The van der Waals surface area contributed by atoms with E-state index in [1.165, 1.54) is 6.08 Å². The Balaban J connectivity index is 1.54. The van der Waals surface area contributed by atoms with Crippen molar-refractivity contribution in [1.29, 1.82) is 0 Å². The Morgan fingerprint density at radius 3 is 2.27 bits per heavy atom. The van der Waals surface area contributed by atoms with Crippen LogP contribution < -0.4 is 4.90 Å². The molecule has 0 aromatic heterocycles. The molecule has 0 saturated heterocycles. The zero-order valence-corrected chi connectivity index (χ0v) is 16.6. The van der Waals surface area contributed by atoms with Crippen LogP contribution in [0.5, 0.6) is 0 Å². The Bertz CT molecular complexity index is 1080. The highest BCUT2D eigenvalue weighted by Crippen LogP contribution is 2.42. The van der Waals surface area contributed by atoms with Crippen LogP contribution in [0.4, 0.5) is 5.69 Å². The van der Waals surface area contributed by atoms with E-state index in [1.807, 2.05) is 72.8 Å². The van der Waals surface area contributed by atoms with E-state index in [0.717, 1.165) is 11.1 Å². The van der Waals surface area contributed by atoms with Gasteiger partial charge in [0.2, 0.25) is 0 Å². The summed E-state index contributed by atoms with van der Waals surface area (Å²) in [6.45, 7) is 0.441. The van der Waals surface area contributed by atoms with Gasteiger partial charge in [0, 0.05) is 12.1 Å². The summed E-state index contributed by atoms with van der Waals surface area (Å²) >= 11 is 0. The summed E-state index contributed by atoms with van der Waals surface area (Å²) in [5, 5.41) is 11.3. The Labute approximate surface area is 176 Å². The lowest BCUT2D eigenvalue weighted by Gasteiger charge is -2.22. The monoisotopic (exact) mass is 397 g/mol. The van der Waals surface area contributed by atoms with Crippen molar-refractivity contribution in [2.24, 2.45) is 0 Å². The maximum atomic E-state index is 13.2. The fraction of sp³-hybridized carbons (Fsp3) is 0.154. The lowest BCUT2D eigenvalue weighted by molar-refractivity contribution is -0.140. The molecule has 0 radical (unpaired) electrons. The molecule has 1 N–H and O–H groups in total. The van der Waals surface area contributed by atoms with Gasteiger partial charge < -0.3 is 10.0 Å². The maximum Gasteiger partial charge on any atom is 0.264 e. The minimum absolute atomic E-state index is 0.284. The topological polar surface area (TPSA) is 57.6 Å². The molecule has 4 rings (SSSR count). The first-order valence-corrected chi connectivity index (χ1v) is 10.0. The number of carbonyl (C=O) groups is 2. The van der Waals surface area contributed by atoms with Gasteiger partial charge >= 0.3 is 0 Å². The third-order valence-corrected chi connectivity index (χ3v) is 5.40. The maximum absolute atomic E-state index is 13.2. The van der Waals surface area contributed by atoms with E-state index in [9.17, 15) is 14.7 Å². The third kappa shape index (κ3) is 3.95. The van der Waals surface area contributed by atoms with Crippen molar-refractivity contribution in [3.63, 3.8) is 0 Å². The quantitative estimate of drug-likeness (QED) is 0.610. The average Bonchev–Trinajstić information content (AvgIpc) is 2.99. The van der Waals surface area contributed by atoms with Crippen molar-refractivity contribution in [2.45, 2.75) is 18.4 Å². The summed E-state index contributed by atoms with van der Waals surface area (Å²) in [6.07, 6.45) is 3.51. The predicted octanol–water partition coefficient (Wildman–Crippen LogP) is 4.14. The summed E-state index contributed by atoms with van der Waals surface area (Å²) in [5.41, 5.74) is 1.32. The van der Waals surface area contributed by atoms with Gasteiger partial charge in [-0.2, -0.15) is 0 Å². The third-order valence-electron chi connectivity index (χ3n) is 5.40. The number of rotatable bonds is 7. The van der Waals surface area contributed by atoms with Gasteiger partial charge in [-0.15, -0.1) is 0 Å². The van der Waals surface area contributed by atoms with Crippen LogP contribution in [0.15, 0.2) is 91.0 Å². The van der Waals surface area contributed by atoms with Crippen LogP contribution in [0, 0.1) is 0 Å². The van der Waals surface area contributed by atoms with Crippen LogP contribution in [-0.4, -0.2) is 23.3 Å². The van der Waals surface area contributed by atoms with Gasteiger partial charge in [0.05, 0.1) is 12.1 Å². The van der Waals surface area contributed by atoms with E-state index in [1.54, 1.807) is 23.1 Å². The molecular formula is C26H23NO3. The summed E-state index contributed by atoms with van der Waals surface area (Å²) < 4.78 is 0. The van der Waals surface area contributed by atoms with Crippen molar-refractivity contribution in [2.75, 3.05) is 11.4 Å². The fourth-order valence-corrected chi connectivity index (χ4v) is 3.85. The number of carbonyl (C=O) groups excluding carboxylic acids is 2. The minimum Gasteiger partial charge on any atom is -0.375 e. The number of allylic oxidation sites excluding steroid dienone is 1. The van der Waals surface area contributed by atoms with Crippen LogP contribution in [0.3, 0.4) is 0 Å². The molecule has 0 bridgehead atoms. The van der Waals surface area contributed by atoms with Crippen molar-refractivity contribution < 1.29 is 14.7 Å². The van der Waals surface area contributed by atoms with E-state index >= 15 is 0 Å². The number of hydrogen-bond donors (Lipinski definition) is 1. The molecule has 0 aliphatic carbocycles. The average molecular weight is 397 g/mol. The molecule has 1 amide bonds. The number of nitrogens with zero attached hydrogens (tertiary/aromatic N) is 1. The van der Waals surface area contributed by atoms with Gasteiger partial charge in [-0.1, -0.05) is 84.9 Å². The number of para-hydroxylation sites is 1. The zero-order valence-electron chi connectivity index (χ0n) is 16.6. The van der Waals surface area contributed by atoms with Crippen LogP contribution in [0.1, 0.15) is 23.1 Å². The highest BCUT2D eigenvalue weighted by atomic mass is 16.3. The molecule has 1 aliphatic rings. The molecule has 0 fully saturated rings. The highest BCUT2D eigenvalue weighted by molar-refractivity contribution is 6.10. The number of aliphatic hydroxyl groups is 1. The summed E-state index contributed by atoms with van der Waals surface area (Å²) in [4.78, 5) is 27.4. The lowest BCUT2D eigenvalue weighted by Crippen LogP contribution is -2.42. The molecule has 4 nitrogen and oxygen atoms in total. The Kier molecular flexibility index (Phi) is 5.59. The van der Waals surface area contributed by atoms with E-state index in [2.05, 4.69) is 0 Å². The molecule has 0 spiro atoms. The van der Waals surface area contributed by atoms with Crippen LogP contribution >= 0.6 is 0 Å². The number of fused-ring (bicyclic) bond motifs is 1. The first kappa shape index (κ1) is 19.8. The number of benzene rings is 3. The van der Waals surface area contributed by atoms with E-state index in [-0.39, 0.29) is 12.2 Å². The molecule has 1 unspecified atom stereocenters. The largest absolute Gasteiger partial charge is 0.375 e. The minimum atomic E-state index is -1.84. The molecule has 4 heteroatoms. The van der Waals surface area contributed by atoms with Gasteiger partial charge in [-0.3, -0.25) is 9.59 Å². The standard InChI is InChI=1S/C26H23NO3/c28-22(16-15-20-9-3-1-4-10-20)19-26(30)23-13-7-8-14-24(23)27(25(26)29)18-17-21-11-5-2-6-12-21/h1-16,30H,17-19H2. The van der Waals surface area contributed by atoms with Crippen molar-refractivity contribution in [3.8, 4) is 0 Å². The van der Waals surface area contributed by atoms with Crippen molar-refractivity contribution in [3.05, 3.63) is 108 Å². The van der Waals surface area contributed by atoms with Crippen LogP contribution in [0.2, 0.25) is 0 Å². The smallest absolute Gasteiger partial charge is 0.264 e. The van der Waals surface area contributed by atoms with Gasteiger partial charge in [-0.25, -0.2) is 0 Å². The second-order valence-corrected chi connectivity index (χ2v) is 7.46. The number of amides is 1. The molecule has 150 valence electrons. The summed E-state index contributed by atoms with van der Waals surface area (Å²) in [5.74, 6) is -0.740. The van der Waals surface area contributed by atoms with Crippen LogP contribution in [0.25, 0.3) is 6.08 Å². The summed E-state index contributed by atoms with van der Waals surface area (Å²) in [7, 11) is 0. The first-order chi connectivity index (χ1) is 14.6. The zero-order chi connectivity index (χ0) is 21.0. The molecule has 1 atom stereocenters. The molecule has 3 aromatic carbocycles. The molecule has 3 aromatic rings. The van der Waals surface area contributed by atoms with Crippen LogP contribution in [-0.2, 0) is 21.6 Å². The first-order valence-electron chi connectivity index (χ1n) is 10.0. The Morgan fingerprint density at radius 2 is 1.53 bits per heavy atom. The fourth-order valence-electron chi connectivity index (χ4n) is 3.85.